The smallest absolute Gasteiger partial charge is 0.239 e. The summed E-state index contributed by atoms with van der Waals surface area (Å²) in [5.41, 5.74) is 1.24. The molecule has 0 spiro atoms. The number of anilines is 1. The normalized spacial score (nSPS) is 23.5. The van der Waals surface area contributed by atoms with Gasteiger partial charge in [0.15, 0.2) is 0 Å². The summed E-state index contributed by atoms with van der Waals surface area (Å²) in [6, 6.07) is 10.2. The quantitative estimate of drug-likeness (QED) is 0.848. The molecule has 6 heteroatoms. The van der Waals surface area contributed by atoms with E-state index in [9.17, 15) is 4.79 Å². The number of nitrogens with one attached hydrogen (secondary N) is 1. The van der Waals surface area contributed by atoms with Gasteiger partial charge in [-0.3, -0.25) is 4.79 Å². The molecule has 2 aliphatic rings. The van der Waals surface area contributed by atoms with E-state index >= 15 is 0 Å². The van der Waals surface area contributed by atoms with Crippen LogP contribution in [0, 0.1) is 0 Å². The van der Waals surface area contributed by atoms with E-state index in [2.05, 4.69) is 46.4 Å². The third-order valence-corrected chi connectivity index (χ3v) is 5.08. The molecule has 2 aliphatic heterocycles. The first kappa shape index (κ1) is 18.2. The first-order valence-corrected chi connectivity index (χ1v) is 9.26. The van der Waals surface area contributed by atoms with Gasteiger partial charge in [0.1, 0.15) is 0 Å². The van der Waals surface area contributed by atoms with Gasteiger partial charge in [-0.15, -0.1) is 0 Å². The zero-order chi connectivity index (χ0) is 17.6. The minimum absolute atomic E-state index is 0.167. The number of morpholine rings is 1. The highest BCUT2D eigenvalue weighted by Crippen LogP contribution is 2.16. The first-order valence-electron chi connectivity index (χ1n) is 9.26. The Bertz CT molecular complexity index is 546. The summed E-state index contributed by atoms with van der Waals surface area (Å²) in [6.45, 7) is 8.69. The number of nitrogens with zero attached hydrogens (tertiary/aromatic N) is 3. The van der Waals surface area contributed by atoms with Crippen LogP contribution < -0.4 is 10.2 Å². The minimum Gasteiger partial charge on any atom is -0.374 e. The van der Waals surface area contributed by atoms with Crippen molar-refractivity contribution in [3.8, 4) is 0 Å². The van der Waals surface area contributed by atoms with E-state index < -0.39 is 0 Å². The number of benzene rings is 1. The maximum atomic E-state index is 12.7. The number of rotatable bonds is 5. The highest BCUT2D eigenvalue weighted by molar-refractivity contribution is 5.81. The summed E-state index contributed by atoms with van der Waals surface area (Å²) in [6.07, 6.45) is 0.170. The van der Waals surface area contributed by atoms with Crippen LogP contribution in [0.5, 0.6) is 0 Å². The highest BCUT2D eigenvalue weighted by atomic mass is 16.5. The Balaban J connectivity index is 1.42. The number of likely N-dealkylation sites (N-methyl/N-ethyl adjacent to an activating group) is 1. The molecule has 0 aliphatic carbocycles. The third-order valence-electron chi connectivity index (χ3n) is 5.08. The molecule has 1 aromatic rings. The van der Waals surface area contributed by atoms with Crippen molar-refractivity contribution in [2.24, 2.45) is 0 Å². The highest BCUT2D eigenvalue weighted by Gasteiger charge is 2.26. The zero-order valence-corrected chi connectivity index (χ0v) is 15.4. The topological polar surface area (TPSA) is 48.1 Å². The van der Waals surface area contributed by atoms with E-state index in [1.807, 2.05) is 17.9 Å². The van der Waals surface area contributed by atoms with Crippen LogP contribution >= 0.6 is 0 Å². The maximum Gasteiger partial charge on any atom is 0.239 e. The number of hydrogen-bond donors (Lipinski definition) is 1. The summed E-state index contributed by atoms with van der Waals surface area (Å²) in [5.74, 6) is 0.192. The average molecular weight is 346 g/mol. The predicted octanol–water partition coefficient (Wildman–Crippen LogP) is 0.644. The fraction of sp³-hybridized carbons (Fsp3) is 0.632. The van der Waals surface area contributed by atoms with Crippen molar-refractivity contribution in [1.82, 2.24) is 15.1 Å². The Hall–Kier alpha value is -1.63. The van der Waals surface area contributed by atoms with Gasteiger partial charge in [-0.05, 0) is 26.1 Å². The van der Waals surface area contributed by atoms with Crippen molar-refractivity contribution >= 4 is 11.6 Å². The van der Waals surface area contributed by atoms with Crippen LogP contribution in [0.4, 0.5) is 5.69 Å². The Kier molecular flexibility index (Phi) is 6.29. The molecule has 1 aromatic carbocycles. The number of amides is 1. The van der Waals surface area contributed by atoms with Crippen molar-refractivity contribution in [2.45, 2.75) is 19.1 Å². The van der Waals surface area contributed by atoms with Crippen molar-refractivity contribution < 1.29 is 9.53 Å². The fourth-order valence-corrected chi connectivity index (χ4v) is 3.48. The average Bonchev–Trinajstić information content (AvgIpc) is 2.66. The summed E-state index contributed by atoms with van der Waals surface area (Å²) < 4.78 is 5.75. The monoisotopic (exact) mass is 346 g/mol. The molecule has 0 bridgehead atoms. The van der Waals surface area contributed by atoms with Gasteiger partial charge in [0.25, 0.3) is 0 Å². The van der Waals surface area contributed by atoms with E-state index in [1.54, 1.807) is 0 Å². The Morgan fingerprint density at radius 3 is 2.60 bits per heavy atom. The van der Waals surface area contributed by atoms with Crippen LogP contribution in [0.15, 0.2) is 30.3 Å². The van der Waals surface area contributed by atoms with Crippen LogP contribution in [0.25, 0.3) is 0 Å². The molecule has 25 heavy (non-hydrogen) atoms. The van der Waals surface area contributed by atoms with Gasteiger partial charge in [-0.25, -0.2) is 0 Å². The van der Waals surface area contributed by atoms with E-state index in [4.69, 9.17) is 4.74 Å². The minimum atomic E-state index is -0.167. The molecule has 6 nitrogen and oxygen atoms in total. The number of carbonyl (C=O) groups excluding carboxylic acids is 1. The Labute approximate surface area is 150 Å². The largest absolute Gasteiger partial charge is 0.374 e. The zero-order valence-electron chi connectivity index (χ0n) is 15.4. The lowest BCUT2D eigenvalue weighted by molar-refractivity contribution is -0.133. The van der Waals surface area contributed by atoms with Crippen molar-refractivity contribution in [1.29, 1.82) is 0 Å². The van der Waals surface area contributed by atoms with Crippen LogP contribution in [-0.2, 0) is 9.53 Å². The van der Waals surface area contributed by atoms with Gasteiger partial charge in [-0.2, -0.15) is 0 Å². The summed E-state index contributed by atoms with van der Waals surface area (Å²) in [7, 11) is 2.11. The van der Waals surface area contributed by atoms with Crippen LogP contribution in [0.1, 0.15) is 6.92 Å². The second kappa shape index (κ2) is 8.65. The van der Waals surface area contributed by atoms with Crippen molar-refractivity contribution in [3.63, 3.8) is 0 Å². The van der Waals surface area contributed by atoms with E-state index in [1.165, 1.54) is 5.69 Å². The number of para-hydroxylation sites is 1. The molecule has 2 heterocycles. The molecule has 0 unspecified atom stereocenters. The lowest BCUT2D eigenvalue weighted by atomic mass is 10.2. The molecule has 1 amide bonds. The van der Waals surface area contributed by atoms with Crippen LogP contribution in [0.3, 0.4) is 0 Å². The molecule has 2 saturated heterocycles. The Morgan fingerprint density at radius 1 is 1.20 bits per heavy atom. The number of carbonyl (C=O) groups is 1. The van der Waals surface area contributed by atoms with E-state index in [0.29, 0.717) is 0 Å². The SMILES string of the molecule is C[C@H](NC[C@H]1CN(C)CCO1)C(=O)N1CCN(c2ccccc2)CC1. The van der Waals surface area contributed by atoms with Crippen LogP contribution in [-0.4, -0.2) is 87.3 Å². The number of hydrogen-bond acceptors (Lipinski definition) is 5. The van der Waals surface area contributed by atoms with Crippen molar-refractivity contribution in [2.75, 3.05) is 64.4 Å². The van der Waals surface area contributed by atoms with Gasteiger partial charge in [0.2, 0.25) is 5.91 Å². The Morgan fingerprint density at radius 2 is 1.92 bits per heavy atom. The predicted molar refractivity (Wildman–Crippen MR) is 99.9 cm³/mol. The fourth-order valence-electron chi connectivity index (χ4n) is 3.48. The van der Waals surface area contributed by atoms with Gasteiger partial charge < -0.3 is 24.8 Å². The molecule has 0 saturated carbocycles. The van der Waals surface area contributed by atoms with Gasteiger partial charge in [0.05, 0.1) is 18.8 Å². The molecule has 0 aromatic heterocycles. The molecule has 2 atom stereocenters. The molecular weight excluding hydrogens is 316 g/mol. The molecule has 138 valence electrons. The van der Waals surface area contributed by atoms with E-state index in [-0.39, 0.29) is 18.1 Å². The lowest BCUT2D eigenvalue weighted by Gasteiger charge is -2.37. The second-order valence-electron chi connectivity index (χ2n) is 7.03. The maximum absolute atomic E-state index is 12.7. The van der Waals surface area contributed by atoms with Crippen LogP contribution in [0.2, 0.25) is 0 Å². The lowest BCUT2D eigenvalue weighted by Crippen LogP contribution is -2.55. The summed E-state index contributed by atoms with van der Waals surface area (Å²) in [4.78, 5) is 19.3. The van der Waals surface area contributed by atoms with E-state index in [0.717, 1.165) is 52.4 Å². The summed E-state index contributed by atoms with van der Waals surface area (Å²) >= 11 is 0. The first-order chi connectivity index (χ1) is 12.1. The van der Waals surface area contributed by atoms with Gasteiger partial charge in [0, 0.05) is 51.5 Å². The number of ether oxygens (including phenoxy) is 1. The molecule has 2 fully saturated rings. The molecule has 3 rings (SSSR count). The standard InChI is InChI=1S/C19H30N4O2/c1-16(20-14-18-15-21(2)12-13-25-18)19(24)23-10-8-22(9-11-23)17-6-4-3-5-7-17/h3-7,16,18,20H,8-15H2,1-2H3/t16-,18-/m0/s1. The third kappa shape index (κ3) is 4.93. The molecular formula is C19H30N4O2. The molecule has 0 radical (unpaired) electrons. The van der Waals surface area contributed by atoms with Gasteiger partial charge >= 0.3 is 0 Å². The second-order valence-corrected chi connectivity index (χ2v) is 7.03. The summed E-state index contributed by atoms with van der Waals surface area (Å²) in [5, 5.41) is 3.36. The molecule has 1 N–H and O–H groups in total. The van der Waals surface area contributed by atoms with Crippen molar-refractivity contribution in [3.05, 3.63) is 30.3 Å². The van der Waals surface area contributed by atoms with Gasteiger partial charge in [-0.1, -0.05) is 18.2 Å². The number of piperazine rings is 1.